The Hall–Kier alpha value is -2.21. The van der Waals surface area contributed by atoms with Gasteiger partial charge in [-0.25, -0.2) is 4.98 Å². The monoisotopic (exact) mass is 332 g/mol. The maximum atomic E-state index is 12.4. The number of carboxylic acid groups (broad SMARTS) is 1. The van der Waals surface area contributed by atoms with Crippen molar-refractivity contribution in [2.45, 2.75) is 6.42 Å². The number of hydrogen-bond acceptors (Lipinski definition) is 3. The molecule has 2 heterocycles. The van der Waals surface area contributed by atoms with Gasteiger partial charge in [0.2, 0.25) is 0 Å². The number of benzene rings is 1. The Balaban J connectivity index is 2.33. The topological polar surface area (TPSA) is 71.7 Å². The molecule has 0 saturated carbocycles. The zero-order valence-corrected chi connectivity index (χ0v) is 11.8. The average Bonchev–Trinajstić information content (AvgIpc) is 2.40. The Morgan fingerprint density at radius 2 is 2.10 bits per heavy atom. The van der Waals surface area contributed by atoms with Crippen molar-refractivity contribution in [1.82, 2.24) is 9.38 Å². The summed E-state index contributed by atoms with van der Waals surface area (Å²) < 4.78 is 2.21. The molecule has 100 valence electrons. The van der Waals surface area contributed by atoms with Gasteiger partial charge in [0.25, 0.3) is 5.56 Å². The van der Waals surface area contributed by atoms with Crippen molar-refractivity contribution >= 4 is 38.4 Å². The van der Waals surface area contributed by atoms with Crippen molar-refractivity contribution < 1.29 is 9.90 Å². The van der Waals surface area contributed by atoms with Crippen LogP contribution in [0.5, 0.6) is 0 Å². The quantitative estimate of drug-likeness (QED) is 0.730. The Morgan fingerprint density at radius 1 is 1.30 bits per heavy atom. The molecular weight excluding hydrogens is 324 g/mol. The number of aliphatic carboxylic acids is 1. The minimum atomic E-state index is -0.930. The van der Waals surface area contributed by atoms with Gasteiger partial charge in [-0.2, -0.15) is 0 Å². The highest BCUT2D eigenvalue weighted by Crippen LogP contribution is 2.15. The van der Waals surface area contributed by atoms with E-state index in [2.05, 4.69) is 20.9 Å². The Kier molecular flexibility index (Phi) is 3.02. The molecule has 0 aliphatic heterocycles. The summed E-state index contributed by atoms with van der Waals surface area (Å²) in [7, 11) is 0. The lowest BCUT2D eigenvalue weighted by Crippen LogP contribution is -2.15. The van der Waals surface area contributed by atoms with Crippen LogP contribution in [0.1, 0.15) is 5.56 Å². The minimum Gasteiger partial charge on any atom is -0.481 e. The smallest absolute Gasteiger partial charge is 0.307 e. The van der Waals surface area contributed by atoms with Gasteiger partial charge in [0, 0.05) is 10.7 Å². The molecule has 3 rings (SSSR count). The number of nitrogens with zero attached hydrogens (tertiary/aromatic N) is 2. The van der Waals surface area contributed by atoms with Gasteiger partial charge in [0.1, 0.15) is 5.65 Å². The Bertz CT molecular complexity index is 902. The lowest BCUT2D eigenvalue weighted by molar-refractivity contribution is -0.136. The second-order valence-electron chi connectivity index (χ2n) is 4.41. The molecule has 3 aromatic rings. The highest BCUT2D eigenvalue weighted by Gasteiger charge is 2.08. The first kappa shape index (κ1) is 12.8. The SMILES string of the molecule is O=C(O)Cc1ccc2nc3ccc(Br)cn3c(=O)c2c1. The molecule has 0 saturated heterocycles. The third-order valence-electron chi connectivity index (χ3n) is 2.99. The number of pyridine rings is 1. The van der Waals surface area contributed by atoms with Crippen LogP contribution in [0.3, 0.4) is 0 Å². The molecule has 0 atom stereocenters. The third-order valence-corrected chi connectivity index (χ3v) is 3.46. The van der Waals surface area contributed by atoms with E-state index in [1.807, 2.05) is 6.07 Å². The van der Waals surface area contributed by atoms with Gasteiger partial charge >= 0.3 is 5.97 Å². The molecule has 1 N–H and O–H groups in total. The van der Waals surface area contributed by atoms with Gasteiger partial charge in [-0.3, -0.25) is 14.0 Å². The van der Waals surface area contributed by atoms with Crippen LogP contribution < -0.4 is 5.56 Å². The average molecular weight is 333 g/mol. The molecule has 20 heavy (non-hydrogen) atoms. The summed E-state index contributed by atoms with van der Waals surface area (Å²) in [5.74, 6) is -0.930. The number of carboxylic acids is 1. The molecular formula is C14H9BrN2O3. The predicted molar refractivity (Wildman–Crippen MR) is 78.0 cm³/mol. The standard InChI is InChI=1S/C14H9BrN2O3/c15-9-2-4-12-16-11-3-1-8(6-13(18)19)5-10(11)14(20)17(12)7-9/h1-5,7H,6H2,(H,18,19). The van der Waals surface area contributed by atoms with Crippen molar-refractivity contribution in [2.75, 3.05) is 0 Å². The van der Waals surface area contributed by atoms with Crippen LogP contribution in [0.15, 0.2) is 45.8 Å². The van der Waals surface area contributed by atoms with Crippen molar-refractivity contribution in [2.24, 2.45) is 0 Å². The second-order valence-corrected chi connectivity index (χ2v) is 5.33. The highest BCUT2D eigenvalue weighted by molar-refractivity contribution is 9.10. The largest absolute Gasteiger partial charge is 0.481 e. The number of fused-ring (bicyclic) bond motifs is 2. The van der Waals surface area contributed by atoms with Crippen molar-refractivity contribution in [1.29, 1.82) is 0 Å². The van der Waals surface area contributed by atoms with E-state index in [9.17, 15) is 9.59 Å². The molecule has 0 bridgehead atoms. The fourth-order valence-electron chi connectivity index (χ4n) is 2.11. The van der Waals surface area contributed by atoms with E-state index in [1.165, 1.54) is 4.40 Å². The summed E-state index contributed by atoms with van der Waals surface area (Å²) in [6.45, 7) is 0. The van der Waals surface area contributed by atoms with E-state index in [-0.39, 0.29) is 12.0 Å². The molecule has 0 amide bonds. The molecule has 0 radical (unpaired) electrons. The molecule has 6 heteroatoms. The summed E-state index contributed by atoms with van der Waals surface area (Å²) in [5.41, 5.74) is 1.49. The van der Waals surface area contributed by atoms with Crippen LogP contribution in [0.4, 0.5) is 0 Å². The van der Waals surface area contributed by atoms with E-state index in [1.54, 1.807) is 30.5 Å². The first-order chi connectivity index (χ1) is 9.54. The van der Waals surface area contributed by atoms with E-state index < -0.39 is 5.97 Å². The van der Waals surface area contributed by atoms with E-state index >= 15 is 0 Å². The molecule has 1 aromatic carbocycles. The van der Waals surface area contributed by atoms with Crippen LogP contribution in [-0.2, 0) is 11.2 Å². The summed E-state index contributed by atoms with van der Waals surface area (Å²) in [6.07, 6.45) is 1.53. The van der Waals surface area contributed by atoms with Crippen LogP contribution in [0, 0.1) is 0 Å². The summed E-state index contributed by atoms with van der Waals surface area (Å²) in [5, 5.41) is 9.23. The number of halogens is 1. The first-order valence-corrected chi connectivity index (χ1v) is 6.66. The predicted octanol–water partition coefficient (Wildman–Crippen LogP) is 2.24. The lowest BCUT2D eigenvalue weighted by atomic mass is 10.1. The van der Waals surface area contributed by atoms with E-state index in [0.29, 0.717) is 22.1 Å². The number of aromatic nitrogens is 2. The lowest BCUT2D eigenvalue weighted by Gasteiger charge is -2.05. The fourth-order valence-corrected chi connectivity index (χ4v) is 2.45. The zero-order valence-electron chi connectivity index (χ0n) is 10.2. The first-order valence-electron chi connectivity index (χ1n) is 5.87. The van der Waals surface area contributed by atoms with Gasteiger partial charge < -0.3 is 5.11 Å². The van der Waals surface area contributed by atoms with Crippen molar-refractivity contribution in [3.8, 4) is 0 Å². The molecule has 0 aliphatic rings. The molecule has 0 spiro atoms. The number of hydrogen-bond donors (Lipinski definition) is 1. The third kappa shape index (κ3) is 2.18. The summed E-state index contributed by atoms with van der Waals surface area (Å²) >= 11 is 3.31. The molecule has 2 aromatic heterocycles. The van der Waals surface area contributed by atoms with Gasteiger partial charge in [-0.1, -0.05) is 6.07 Å². The highest BCUT2D eigenvalue weighted by atomic mass is 79.9. The second kappa shape index (κ2) is 4.72. The Morgan fingerprint density at radius 3 is 2.85 bits per heavy atom. The maximum absolute atomic E-state index is 12.4. The summed E-state index contributed by atoms with van der Waals surface area (Å²) in [4.78, 5) is 27.6. The van der Waals surface area contributed by atoms with Gasteiger partial charge in [-0.15, -0.1) is 0 Å². The van der Waals surface area contributed by atoms with Crippen LogP contribution >= 0.6 is 15.9 Å². The molecule has 0 aliphatic carbocycles. The zero-order chi connectivity index (χ0) is 14.3. The van der Waals surface area contributed by atoms with Crippen LogP contribution in [0.2, 0.25) is 0 Å². The van der Waals surface area contributed by atoms with Crippen molar-refractivity contribution in [3.05, 3.63) is 56.9 Å². The Labute approximate surface area is 121 Å². The van der Waals surface area contributed by atoms with E-state index in [0.717, 1.165) is 4.47 Å². The number of rotatable bonds is 2. The van der Waals surface area contributed by atoms with Crippen LogP contribution in [-0.4, -0.2) is 20.5 Å². The molecule has 5 nitrogen and oxygen atoms in total. The maximum Gasteiger partial charge on any atom is 0.307 e. The number of carbonyl (C=O) groups is 1. The normalized spacial score (nSPS) is 11.1. The van der Waals surface area contributed by atoms with Gasteiger partial charge in [0.15, 0.2) is 0 Å². The van der Waals surface area contributed by atoms with E-state index in [4.69, 9.17) is 5.11 Å². The fraction of sp³-hybridized carbons (Fsp3) is 0.0714. The molecule has 0 unspecified atom stereocenters. The van der Waals surface area contributed by atoms with Crippen LogP contribution in [0.25, 0.3) is 16.6 Å². The minimum absolute atomic E-state index is 0.115. The van der Waals surface area contributed by atoms with Crippen molar-refractivity contribution in [3.63, 3.8) is 0 Å². The van der Waals surface area contributed by atoms with Gasteiger partial charge in [0.05, 0.1) is 17.3 Å². The summed E-state index contributed by atoms with van der Waals surface area (Å²) in [6, 6.07) is 8.50. The molecule has 0 fully saturated rings. The van der Waals surface area contributed by atoms with Gasteiger partial charge in [-0.05, 0) is 45.8 Å².